The van der Waals surface area contributed by atoms with Gasteiger partial charge in [0.15, 0.2) is 9.84 Å². The maximum atomic E-state index is 12.0. The van der Waals surface area contributed by atoms with Crippen molar-refractivity contribution in [1.29, 1.82) is 0 Å². The van der Waals surface area contributed by atoms with E-state index >= 15 is 0 Å². The van der Waals surface area contributed by atoms with Crippen molar-refractivity contribution in [2.24, 2.45) is 0 Å². The maximum absolute atomic E-state index is 12.0. The molecule has 4 nitrogen and oxygen atoms in total. The van der Waals surface area contributed by atoms with Crippen molar-refractivity contribution < 1.29 is 13.2 Å². The quantitative estimate of drug-likeness (QED) is 0.897. The fourth-order valence-electron chi connectivity index (χ4n) is 2.43. The minimum absolute atomic E-state index is 0.133. The number of rotatable bonds is 5. The number of hydrogen-bond acceptors (Lipinski definition) is 4. The molecule has 0 saturated carbocycles. The Hall–Kier alpha value is -0.910. The second-order valence-electron chi connectivity index (χ2n) is 5.45. The van der Waals surface area contributed by atoms with Crippen LogP contribution in [0.4, 0.5) is 0 Å². The second-order valence-corrected chi connectivity index (χ2v) is 7.45. The number of fused-ring (bicyclic) bond motifs is 1. The molecule has 19 heavy (non-hydrogen) atoms. The van der Waals surface area contributed by atoms with E-state index in [1.807, 2.05) is 32.9 Å². The van der Waals surface area contributed by atoms with Crippen LogP contribution in [0.5, 0.6) is 0 Å². The van der Waals surface area contributed by atoms with Crippen molar-refractivity contribution >= 4 is 9.84 Å². The zero-order valence-corrected chi connectivity index (χ0v) is 12.5. The number of sulfone groups is 1. The summed E-state index contributed by atoms with van der Waals surface area (Å²) in [6.45, 7) is 7.22. The lowest BCUT2D eigenvalue weighted by Gasteiger charge is -2.27. The average Bonchev–Trinajstić information content (AvgIpc) is 2.60. The maximum Gasteiger partial charge on any atom is 0.180 e. The van der Waals surface area contributed by atoms with Crippen LogP contribution in [-0.4, -0.2) is 32.9 Å². The molecule has 1 unspecified atom stereocenters. The summed E-state index contributed by atoms with van der Waals surface area (Å²) in [6.07, 6.45) is 0. The van der Waals surface area contributed by atoms with E-state index in [0.29, 0.717) is 18.0 Å². The van der Waals surface area contributed by atoms with Crippen molar-refractivity contribution in [3.8, 4) is 0 Å². The van der Waals surface area contributed by atoms with E-state index in [2.05, 4.69) is 5.32 Å². The molecule has 0 saturated heterocycles. The molecule has 1 N–H and O–H groups in total. The Morgan fingerprint density at radius 2 is 2.05 bits per heavy atom. The van der Waals surface area contributed by atoms with Crippen molar-refractivity contribution in [2.45, 2.75) is 37.3 Å². The summed E-state index contributed by atoms with van der Waals surface area (Å²) in [5.41, 5.74) is 0.575. The molecule has 0 bridgehead atoms. The molecule has 0 spiro atoms. The van der Waals surface area contributed by atoms with Gasteiger partial charge in [0.2, 0.25) is 0 Å². The second kappa shape index (κ2) is 5.23. The van der Waals surface area contributed by atoms with Crippen LogP contribution in [0.15, 0.2) is 29.2 Å². The molecule has 106 valence electrons. The van der Waals surface area contributed by atoms with Gasteiger partial charge in [0, 0.05) is 19.2 Å². The Morgan fingerprint density at radius 3 is 2.74 bits per heavy atom. The highest BCUT2D eigenvalue weighted by Crippen LogP contribution is 2.33. The zero-order valence-electron chi connectivity index (χ0n) is 11.6. The fraction of sp³-hybridized carbons (Fsp3) is 0.571. The van der Waals surface area contributed by atoms with Gasteiger partial charge in [-0.3, -0.25) is 0 Å². The number of benzene rings is 1. The largest absolute Gasteiger partial charge is 0.375 e. The van der Waals surface area contributed by atoms with Gasteiger partial charge in [-0.1, -0.05) is 18.2 Å². The van der Waals surface area contributed by atoms with Crippen molar-refractivity contribution in [1.82, 2.24) is 5.32 Å². The van der Waals surface area contributed by atoms with Crippen LogP contribution in [0, 0.1) is 0 Å². The summed E-state index contributed by atoms with van der Waals surface area (Å²) in [7, 11) is -3.14. The third-order valence-corrected chi connectivity index (χ3v) is 5.14. The van der Waals surface area contributed by atoms with Gasteiger partial charge in [0.1, 0.15) is 0 Å². The molecule has 0 radical (unpaired) electrons. The third-order valence-electron chi connectivity index (χ3n) is 3.32. The Morgan fingerprint density at radius 1 is 1.37 bits per heavy atom. The van der Waals surface area contributed by atoms with Gasteiger partial charge in [-0.2, -0.15) is 0 Å². The number of ether oxygens (including phenoxy) is 1. The summed E-state index contributed by atoms with van der Waals surface area (Å²) in [5.74, 6) is 0.133. The minimum atomic E-state index is -3.14. The summed E-state index contributed by atoms with van der Waals surface area (Å²) >= 11 is 0. The molecule has 0 aliphatic carbocycles. The first kappa shape index (κ1) is 14.5. The van der Waals surface area contributed by atoms with Crippen LogP contribution in [0.25, 0.3) is 0 Å². The van der Waals surface area contributed by atoms with Gasteiger partial charge < -0.3 is 10.1 Å². The van der Waals surface area contributed by atoms with Crippen molar-refractivity contribution in [3.05, 3.63) is 29.8 Å². The highest BCUT2D eigenvalue weighted by atomic mass is 32.2. The van der Waals surface area contributed by atoms with E-state index < -0.39 is 9.84 Å². The van der Waals surface area contributed by atoms with Gasteiger partial charge in [0.25, 0.3) is 0 Å². The highest BCUT2D eigenvalue weighted by molar-refractivity contribution is 7.91. The predicted molar refractivity (Wildman–Crippen MR) is 74.9 cm³/mol. The summed E-state index contributed by atoms with van der Waals surface area (Å²) in [6, 6.07) is 7.07. The molecule has 2 rings (SSSR count). The topological polar surface area (TPSA) is 55.4 Å². The third kappa shape index (κ3) is 3.16. The molecule has 1 aliphatic rings. The van der Waals surface area contributed by atoms with Crippen molar-refractivity contribution in [3.63, 3.8) is 0 Å². The number of nitrogens with one attached hydrogen (secondary N) is 1. The Bertz CT molecular complexity index is 552. The van der Waals surface area contributed by atoms with Gasteiger partial charge in [-0.05, 0) is 32.4 Å². The molecular formula is C14H21NO3S. The van der Waals surface area contributed by atoms with E-state index in [-0.39, 0.29) is 17.4 Å². The smallest absolute Gasteiger partial charge is 0.180 e. The van der Waals surface area contributed by atoms with Crippen LogP contribution in [0.3, 0.4) is 0 Å². The van der Waals surface area contributed by atoms with Gasteiger partial charge in [-0.15, -0.1) is 0 Å². The Labute approximate surface area is 115 Å². The lowest BCUT2D eigenvalue weighted by molar-refractivity contribution is -0.0102. The molecule has 5 heteroatoms. The molecule has 0 aromatic heterocycles. The van der Waals surface area contributed by atoms with E-state index in [1.165, 1.54) is 0 Å². The van der Waals surface area contributed by atoms with Gasteiger partial charge >= 0.3 is 0 Å². The number of hydrogen-bond donors (Lipinski definition) is 1. The molecule has 1 atom stereocenters. The van der Waals surface area contributed by atoms with Crippen LogP contribution in [-0.2, 0) is 14.6 Å². The van der Waals surface area contributed by atoms with E-state index in [0.717, 1.165) is 5.56 Å². The average molecular weight is 283 g/mol. The lowest BCUT2D eigenvalue weighted by atomic mass is 10.1. The van der Waals surface area contributed by atoms with Gasteiger partial charge in [-0.25, -0.2) is 8.42 Å². The molecule has 0 fully saturated rings. The first-order valence-electron chi connectivity index (χ1n) is 6.55. The fourth-order valence-corrected chi connectivity index (χ4v) is 4.20. The molecule has 1 aromatic carbocycles. The lowest BCUT2D eigenvalue weighted by Crippen LogP contribution is -2.39. The molecule has 0 amide bonds. The normalized spacial score (nSPS) is 21.3. The zero-order chi connectivity index (χ0) is 14.1. The highest BCUT2D eigenvalue weighted by Gasteiger charge is 2.34. The van der Waals surface area contributed by atoms with Crippen LogP contribution in [0.1, 0.15) is 32.4 Å². The summed E-state index contributed by atoms with van der Waals surface area (Å²) in [4.78, 5) is 0.460. The first-order chi connectivity index (χ1) is 8.86. The molecule has 1 aliphatic heterocycles. The Balaban J connectivity index is 2.12. The predicted octanol–water partition coefficient (Wildman–Crippen LogP) is 1.92. The van der Waals surface area contributed by atoms with Crippen molar-refractivity contribution in [2.75, 3.05) is 18.9 Å². The standard InChI is InChI=1S/C14H21NO3S/c1-4-18-14(2,3)10-15-12-9-19(16,17)13-8-6-5-7-11(12)13/h5-8,12,15H,4,9-10H2,1-3H3. The Kier molecular flexibility index (Phi) is 3.99. The minimum Gasteiger partial charge on any atom is -0.375 e. The van der Waals surface area contributed by atoms with Gasteiger partial charge in [0.05, 0.1) is 16.2 Å². The molecular weight excluding hydrogens is 262 g/mol. The van der Waals surface area contributed by atoms with E-state index in [9.17, 15) is 8.42 Å². The molecule has 1 aromatic rings. The first-order valence-corrected chi connectivity index (χ1v) is 8.20. The van der Waals surface area contributed by atoms with Crippen LogP contribution >= 0.6 is 0 Å². The monoisotopic (exact) mass is 283 g/mol. The molecule has 1 heterocycles. The van der Waals surface area contributed by atoms with Crippen LogP contribution in [0.2, 0.25) is 0 Å². The SMILES string of the molecule is CCOC(C)(C)CNC1CS(=O)(=O)c2ccccc21. The van der Waals surface area contributed by atoms with E-state index in [1.54, 1.807) is 12.1 Å². The van der Waals surface area contributed by atoms with Crippen LogP contribution < -0.4 is 5.32 Å². The van der Waals surface area contributed by atoms with E-state index in [4.69, 9.17) is 4.74 Å². The summed E-state index contributed by atoms with van der Waals surface area (Å²) in [5, 5.41) is 3.31. The summed E-state index contributed by atoms with van der Waals surface area (Å²) < 4.78 is 29.7.